The van der Waals surface area contributed by atoms with Gasteiger partial charge in [0.1, 0.15) is 5.82 Å². The van der Waals surface area contributed by atoms with E-state index in [9.17, 15) is 0 Å². The Kier molecular flexibility index (Phi) is 1.62. The minimum Gasteiger partial charge on any atom is -0.288 e. The molecule has 3 rings (SSSR count). The lowest BCUT2D eigenvalue weighted by molar-refractivity contribution is 1.01. The van der Waals surface area contributed by atoms with Gasteiger partial charge in [-0.3, -0.25) is 8.97 Å². The zero-order valence-electron chi connectivity index (χ0n) is 8.33. The minimum atomic E-state index is 0.891. The average molecular weight is 198 g/mol. The van der Waals surface area contributed by atoms with Crippen molar-refractivity contribution in [2.45, 2.75) is 6.92 Å². The molecule has 3 aromatic heterocycles. The van der Waals surface area contributed by atoms with Crippen molar-refractivity contribution in [3.63, 3.8) is 0 Å². The maximum atomic E-state index is 4.30. The molecule has 0 aliphatic carbocycles. The van der Waals surface area contributed by atoms with Gasteiger partial charge in [0, 0.05) is 30.5 Å². The molecule has 0 aromatic carbocycles. The fourth-order valence-corrected chi connectivity index (χ4v) is 1.72. The molecular weight excluding hydrogens is 188 g/mol. The summed E-state index contributed by atoms with van der Waals surface area (Å²) in [5.41, 5.74) is 1.15. The molecule has 0 unspecified atom stereocenters. The average Bonchev–Trinajstić information content (AvgIpc) is 2.84. The van der Waals surface area contributed by atoms with E-state index in [1.54, 1.807) is 12.4 Å². The Morgan fingerprint density at radius 1 is 1.13 bits per heavy atom. The Labute approximate surface area is 86.8 Å². The molecule has 0 saturated heterocycles. The lowest BCUT2D eigenvalue weighted by atomic mass is 10.4. The van der Waals surface area contributed by atoms with Crippen LogP contribution in [-0.4, -0.2) is 18.9 Å². The Morgan fingerprint density at radius 2 is 2.07 bits per heavy atom. The standard InChI is InChI=1S/C11H10N4/c1-9-8-15(10-4-2-3-5-12-10)11-13-6-7-14(9)11/h2-8H,1H3. The molecule has 74 valence electrons. The highest BCUT2D eigenvalue weighted by atomic mass is 15.2. The van der Waals surface area contributed by atoms with Gasteiger partial charge in [-0.25, -0.2) is 9.97 Å². The smallest absolute Gasteiger partial charge is 0.219 e. The van der Waals surface area contributed by atoms with Crippen molar-refractivity contribution in [2.24, 2.45) is 0 Å². The highest BCUT2D eigenvalue weighted by molar-refractivity contribution is 5.42. The first-order valence-corrected chi connectivity index (χ1v) is 4.79. The van der Waals surface area contributed by atoms with Gasteiger partial charge in [0.25, 0.3) is 0 Å². The van der Waals surface area contributed by atoms with Gasteiger partial charge in [-0.15, -0.1) is 0 Å². The van der Waals surface area contributed by atoms with E-state index in [-0.39, 0.29) is 0 Å². The summed E-state index contributed by atoms with van der Waals surface area (Å²) in [5.74, 6) is 1.79. The molecule has 0 spiro atoms. The molecule has 3 heterocycles. The summed E-state index contributed by atoms with van der Waals surface area (Å²) < 4.78 is 4.02. The van der Waals surface area contributed by atoms with E-state index < -0.39 is 0 Å². The first kappa shape index (κ1) is 8.23. The zero-order valence-corrected chi connectivity index (χ0v) is 8.33. The number of pyridine rings is 1. The van der Waals surface area contributed by atoms with Crippen LogP contribution in [0, 0.1) is 6.92 Å². The van der Waals surface area contributed by atoms with Crippen molar-refractivity contribution < 1.29 is 0 Å². The summed E-state index contributed by atoms with van der Waals surface area (Å²) in [5, 5.41) is 0. The number of fused-ring (bicyclic) bond motifs is 1. The lowest BCUT2D eigenvalue weighted by Gasteiger charge is -1.99. The molecule has 0 atom stereocenters. The van der Waals surface area contributed by atoms with Crippen LogP contribution in [0.1, 0.15) is 5.69 Å². The van der Waals surface area contributed by atoms with Gasteiger partial charge in [0.15, 0.2) is 0 Å². The van der Waals surface area contributed by atoms with Gasteiger partial charge in [0.05, 0.1) is 0 Å². The molecular formula is C11H10N4. The van der Waals surface area contributed by atoms with E-state index in [2.05, 4.69) is 9.97 Å². The van der Waals surface area contributed by atoms with E-state index in [1.165, 1.54) is 0 Å². The maximum Gasteiger partial charge on any atom is 0.219 e. The van der Waals surface area contributed by atoms with E-state index in [0.29, 0.717) is 0 Å². The predicted octanol–water partition coefficient (Wildman–Crippen LogP) is 1.83. The molecule has 0 N–H and O–H groups in total. The summed E-state index contributed by atoms with van der Waals surface area (Å²) >= 11 is 0. The fourth-order valence-electron chi connectivity index (χ4n) is 1.72. The van der Waals surface area contributed by atoms with Gasteiger partial charge < -0.3 is 0 Å². The van der Waals surface area contributed by atoms with Gasteiger partial charge in [-0.05, 0) is 19.1 Å². The number of imidazole rings is 2. The largest absolute Gasteiger partial charge is 0.288 e. The number of hydrogen-bond donors (Lipinski definition) is 0. The first-order chi connectivity index (χ1) is 7.36. The van der Waals surface area contributed by atoms with Gasteiger partial charge in [-0.2, -0.15) is 0 Å². The highest BCUT2D eigenvalue weighted by Gasteiger charge is 2.07. The third kappa shape index (κ3) is 1.15. The Bertz CT molecular complexity index is 591. The van der Waals surface area contributed by atoms with Crippen LogP contribution >= 0.6 is 0 Å². The molecule has 0 fully saturated rings. The van der Waals surface area contributed by atoms with Gasteiger partial charge >= 0.3 is 0 Å². The Morgan fingerprint density at radius 3 is 2.87 bits per heavy atom. The first-order valence-electron chi connectivity index (χ1n) is 4.79. The predicted molar refractivity (Wildman–Crippen MR) is 57.1 cm³/mol. The summed E-state index contributed by atoms with van der Waals surface area (Å²) in [6, 6.07) is 5.84. The Balaban J connectivity index is 2.32. The van der Waals surface area contributed by atoms with Crippen LogP contribution in [0.5, 0.6) is 0 Å². The summed E-state index contributed by atoms with van der Waals surface area (Å²) in [6.07, 6.45) is 7.56. The van der Waals surface area contributed by atoms with Crippen LogP contribution in [0.3, 0.4) is 0 Å². The molecule has 4 heteroatoms. The highest BCUT2D eigenvalue weighted by Crippen LogP contribution is 2.13. The fraction of sp³-hybridized carbons (Fsp3) is 0.0909. The second-order valence-electron chi connectivity index (χ2n) is 3.43. The van der Waals surface area contributed by atoms with Crippen LogP contribution in [0.2, 0.25) is 0 Å². The topological polar surface area (TPSA) is 35.1 Å². The van der Waals surface area contributed by atoms with E-state index in [4.69, 9.17) is 0 Å². The lowest BCUT2D eigenvalue weighted by Crippen LogP contribution is -1.95. The third-order valence-corrected chi connectivity index (χ3v) is 2.43. The number of aromatic nitrogens is 4. The van der Waals surface area contributed by atoms with Crippen molar-refractivity contribution in [1.29, 1.82) is 0 Å². The number of aryl methyl sites for hydroxylation is 1. The molecule has 4 nitrogen and oxygen atoms in total. The summed E-state index contributed by atoms with van der Waals surface area (Å²) in [6.45, 7) is 2.05. The van der Waals surface area contributed by atoms with Gasteiger partial charge in [-0.1, -0.05) is 6.07 Å². The maximum absolute atomic E-state index is 4.30. The Hall–Kier alpha value is -2.10. The molecule has 3 aromatic rings. The second kappa shape index (κ2) is 2.95. The molecule has 15 heavy (non-hydrogen) atoms. The van der Waals surface area contributed by atoms with Crippen LogP contribution in [0.25, 0.3) is 11.6 Å². The van der Waals surface area contributed by atoms with E-state index >= 15 is 0 Å². The molecule has 0 aliphatic heterocycles. The molecule has 0 amide bonds. The van der Waals surface area contributed by atoms with Crippen molar-refractivity contribution in [3.05, 3.63) is 48.7 Å². The normalized spacial score (nSPS) is 11.0. The zero-order chi connectivity index (χ0) is 10.3. The molecule has 0 saturated carbocycles. The second-order valence-corrected chi connectivity index (χ2v) is 3.43. The van der Waals surface area contributed by atoms with Crippen LogP contribution < -0.4 is 0 Å². The van der Waals surface area contributed by atoms with Crippen molar-refractivity contribution in [3.8, 4) is 5.82 Å². The van der Waals surface area contributed by atoms with E-state index in [0.717, 1.165) is 17.3 Å². The van der Waals surface area contributed by atoms with Crippen LogP contribution in [-0.2, 0) is 0 Å². The summed E-state index contributed by atoms with van der Waals surface area (Å²) in [7, 11) is 0. The molecule has 0 bridgehead atoms. The number of rotatable bonds is 1. The van der Waals surface area contributed by atoms with Gasteiger partial charge in [0.2, 0.25) is 5.78 Å². The van der Waals surface area contributed by atoms with Crippen LogP contribution in [0.15, 0.2) is 43.0 Å². The van der Waals surface area contributed by atoms with Crippen molar-refractivity contribution in [2.75, 3.05) is 0 Å². The number of nitrogens with zero attached hydrogens (tertiary/aromatic N) is 4. The third-order valence-electron chi connectivity index (χ3n) is 2.43. The minimum absolute atomic E-state index is 0.891. The molecule has 0 aliphatic rings. The van der Waals surface area contributed by atoms with Crippen molar-refractivity contribution >= 4 is 5.78 Å². The number of hydrogen-bond acceptors (Lipinski definition) is 2. The SMILES string of the molecule is Cc1cn(-c2ccccn2)c2nccn12. The van der Waals surface area contributed by atoms with Crippen LogP contribution in [0.4, 0.5) is 0 Å². The molecule has 0 radical (unpaired) electrons. The van der Waals surface area contributed by atoms with Crippen molar-refractivity contribution in [1.82, 2.24) is 18.9 Å². The summed E-state index contributed by atoms with van der Waals surface area (Å²) in [4.78, 5) is 8.60. The monoisotopic (exact) mass is 198 g/mol. The quantitative estimate of drug-likeness (QED) is 0.598. The van der Waals surface area contributed by atoms with E-state index in [1.807, 2.05) is 46.5 Å².